The van der Waals surface area contributed by atoms with E-state index >= 15 is 0 Å². The van der Waals surface area contributed by atoms with Crippen LogP contribution in [0.4, 0.5) is 22.0 Å². The fourth-order valence-electron chi connectivity index (χ4n) is 5.32. The average molecular weight is 445 g/mol. The van der Waals surface area contributed by atoms with Crippen LogP contribution in [0, 0.1) is 11.3 Å². The van der Waals surface area contributed by atoms with Crippen molar-refractivity contribution in [3.8, 4) is 0 Å². The van der Waals surface area contributed by atoms with Gasteiger partial charge in [-0.2, -0.15) is 13.2 Å². The zero-order valence-corrected chi connectivity index (χ0v) is 18.5. The predicted molar refractivity (Wildman–Crippen MR) is 103 cm³/mol. The van der Waals surface area contributed by atoms with Gasteiger partial charge in [-0.25, -0.2) is 8.78 Å². The quantitative estimate of drug-likeness (QED) is 0.348. The highest BCUT2D eigenvalue weighted by molar-refractivity contribution is 6.73. The second kappa shape index (κ2) is 8.44. The molecule has 2 aliphatic rings. The summed E-state index contributed by atoms with van der Waals surface area (Å²) in [6.07, 6.45) is -6.44. The second-order valence-electron chi connectivity index (χ2n) is 8.93. The van der Waals surface area contributed by atoms with Crippen molar-refractivity contribution in [3.05, 3.63) is 0 Å². The van der Waals surface area contributed by atoms with Crippen molar-refractivity contribution in [2.75, 3.05) is 0 Å². The molecule has 0 aromatic rings. The normalized spacial score (nSPS) is 30.1. The number of hydrogen-bond acceptors (Lipinski definition) is 2. The van der Waals surface area contributed by atoms with Crippen molar-refractivity contribution in [2.24, 2.45) is 11.3 Å². The molecular weight excluding hydrogens is 411 g/mol. The van der Waals surface area contributed by atoms with Crippen molar-refractivity contribution < 1.29 is 36.3 Å². The first-order valence-electron chi connectivity index (χ1n) is 10.7. The third-order valence-electron chi connectivity index (χ3n) is 7.74. The molecule has 2 saturated carbocycles. The highest BCUT2D eigenvalue weighted by atomic mass is 28.4. The van der Waals surface area contributed by atoms with Crippen LogP contribution < -0.4 is 0 Å². The molecule has 29 heavy (non-hydrogen) atoms. The molecule has 1 N–H and O–H groups in total. The Morgan fingerprint density at radius 2 is 1.41 bits per heavy atom. The van der Waals surface area contributed by atoms with Crippen LogP contribution in [0.3, 0.4) is 0 Å². The molecule has 0 unspecified atom stereocenters. The summed E-state index contributed by atoms with van der Waals surface area (Å²) in [6.45, 7) is 5.61. The molecule has 3 nitrogen and oxygen atoms in total. The van der Waals surface area contributed by atoms with Gasteiger partial charge in [-0.15, -0.1) is 0 Å². The molecule has 2 rings (SSSR count). The maximum Gasteiger partial charge on any atom is 0.416 e. The lowest BCUT2D eigenvalue weighted by molar-refractivity contribution is -0.267. The summed E-state index contributed by atoms with van der Waals surface area (Å²) in [5.41, 5.74) is -3.59. The highest BCUT2D eigenvalue weighted by Gasteiger charge is 2.62. The van der Waals surface area contributed by atoms with E-state index in [0.29, 0.717) is 18.1 Å². The lowest BCUT2D eigenvalue weighted by atomic mass is 9.59. The Morgan fingerprint density at radius 3 is 1.76 bits per heavy atom. The molecule has 0 amide bonds. The average Bonchev–Trinajstić information content (AvgIpc) is 2.66. The van der Waals surface area contributed by atoms with E-state index in [1.165, 1.54) is 0 Å². The van der Waals surface area contributed by atoms with Crippen LogP contribution >= 0.6 is 0 Å². The van der Waals surface area contributed by atoms with E-state index in [4.69, 9.17) is 4.43 Å². The molecule has 0 aromatic carbocycles. The Bertz CT molecular complexity index is 563. The maximum atomic E-state index is 14.1. The summed E-state index contributed by atoms with van der Waals surface area (Å²) in [5, 5.41) is 9.81. The molecule has 0 aromatic heterocycles. The van der Waals surface area contributed by atoms with Crippen LogP contribution in [-0.2, 0) is 9.22 Å². The molecule has 0 heterocycles. The summed E-state index contributed by atoms with van der Waals surface area (Å²) < 4.78 is 75.6. The van der Waals surface area contributed by atoms with Gasteiger partial charge >= 0.3 is 12.1 Å². The number of aliphatic carboxylic acids is 1. The summed E-state index contributed by atoms with van der Waals surface area (Å²) in [4.78, 5) is 12.0. The fraction of sp³-hybridized carbons (Fsp3) is 0.950. The zero-order valence-electron chi connectivity index (χ0n) is 17.5. The van der Waals surface area contributed by atoms with Gasteiger partial charge in [-0.1, -0.05) is 20.8 Å². The molecule has 0 aliphatic heterocycles. The SMILES string of the molecule is CC[Si](CC)(CC)OC1(C(F)(F)F)CCC(C2(C(=O)O)CCC(F)(F)CC2)CC1. The number of carboxylic acid groups (broad SMARTS) is 1. The standard InChI is InChI=1S/C20H33F5O3Si/c1-4-29(5-2,6-3)28-18(20(23,24)25)9-7-15(8-10-18)17(16(26)27)11-13-19(21,22)14-12-17/h15H,4-14H2,1-3H3,(H,26,27). The maximum absolute atomic E-state index is 14.1. The fourth-order valence-corrected chi connectivity index (χ4v) is 8.40. The van der Waals surface area contributed by atoms with Crippen molar-refractivity contribution in [1.29, 1.82) is 0 Å². The van der Waals surface area contributed by atoms with Crippen LogP contribution in [-0.4, -0.2) is 37.1 Å². The molecule has 9 heteroatoms. The first-order valence-corrected chi connectivity index (χ1v) is 13.2. The Labute approximate surface area is 170 Å². The van der Waals surface area contributed by atoms with E-state index in [-0.39, 0.29) is 38.5 Å². The molecular formula is C20H33F5O3Si. The topological polar surface area (TPSA) is 46.5 Å². The van der Waals surface area contributed by atoms with E-state index < -0.39 is 56.2 Å². The summed E-state index contributed by atoms with van der Waals surface area (Å²) in [5.74, 6) is -4.57. The van der Waals surface area contributed by atoms with Crippen LogP contribution in [0.25, 0.3) is 0 Å². The predicted octanol–water partition coefficient (Wildman–Crippen LogP) is 6.78. The lowest BCUT2D eigenvalue weighted by Gasteiger charge is -2.50. The van der Waals surface area contributed by atoms with E-state index in [1.54, 1.807) is 0 Å². The highest BCUT2D eigenvalue weighted by Crippen LogP contribution is 2.56. The second-order valence-corrected chi connectivity index (χ2v) is 13.6. The van der Waals surface area contributed by atoms with Crippen LogP contribution in [0.1, 0.15) is 72.1 Å². The van der Waals surface area contributed by atoms with Crippen molar-refractivity contribution >= 4 is 14.3 Å². The number of alkyl halides is 5. The monoisotopic (exact) mass is 444 g/mol. The molecule has 0 saturated heterocycles. The molecule has 0 radical (unpaired) electrons. The van der Waals surface area contributed by atoms with Crippen LogP contribution in [0.2, 0.25) is 18.1 Å². The van der Waals surface area contributed by atoms with Crippen LogP contribution in [0.15, 0.2) is 0 Å². The van der Waals surface area contributed by atoms with Crippen molar-refractivity contribution in [2.45, 2.75) is 108 Å². The van der Waals surface area contributed by atoms with Gasteiger partial charge in [-0.05, 0) is 62.6 Å². The summed E-state index contributed by atoms with van der Waals surface area (Å²) >= 11 is 0. The first-order chi connectivity index (χ1) is 13.3. The lowest BCUT2D eigenvalue weighted by Crippen LogP contribution is -2.58. The molecule has 0 atom stereocenters. The first kappa shape index (κ1) is 24.6. The van der Waals surface area contributed by atoms with Gasteiger partial charge in [0.1, 0.15) is 0 Å². The van der Waals surface area contributed by atoms with Gasteiger partial charge < -0.3 is 9.53 Å². The minimum Gasteiger partial charge on any atom is -0.481 e. The minimum absolute atomic E-state index is 0.0407. The van der Waals surface area contributed by atoms with E-state index in [0.717, 1.165) is 0 Å². The molecule has 0 bridgehead atoms. The Kier molecular flexibility index (Phi) is 7.15. The smallest absolute Gasteiger partial charge is 0.416 e. The number of rotatable bonds is 7. The van der Waals surface area contributed by atoms with Gasteiger partial charge in [0, 0.05) is 12.8 Å². The van der Waals surface area contributed by atoms with Gasteiger partial charge in [0.2, 0.25) is 5.92 Å². The third kappa shape index (κ3) is 4.65. The van der Waals surface area contributed by atoms with Gasteiger partial charge in [0.05, 0.1) is 5.41 Å². The Morgan fingerprint density at radius 1 is 0.966 bits per heavy atom. The number of carbonyl (C=O) groups is 1. The molecule has 2 fully saturated rings. The number of carboxylic acids is 1. The summed E-state index contributed by atoms with van der Waals surface area (Å²) in [7, 11) is -2.54. The third-order valence-corrected chi connectivity index (χ3v) is 12.4. The molecule has 170 valence electrons. The van der Waals surface area contributed by atoms with Crippen molar-refractivity contribution in [3.63, 3.8) is 0 Å². The Balaban J connectivity index is 2.25. The number of hydrogen-bond donors (Lipinski definition) is 1. The largest absolute Gasteiger partial charge is 0.481 e. The number of halogens is 5. The van der Waals surface area contributed by atoms with Gasteiger partial charge in [0.25, 0.3) is 0 Å². The van der Waals surface area contributed by atoms with E-state index in [9.17, 15) is 31.9 Å². The van der Waals surface area contributed by atoms with E-state index in [2.05, 4.69) is 0 Å². The molecule has 0 spiro atoms. The van der Waals surface area contributed by atoms with Gasteiger partial charge in [0.15, 0.2) is 13.9 Å². The molecule has 2 aliphatic carbocycles. The van der Waals surface area contributed by atoms with Gasteiger partial charge in [-0.3, -0.25) is 4.79 Å². The van der Waals surface area contributed by atoms with Crippen molar-refractivity contribution in [1.82, 2.24) is 0 Å². The Hall–Kier alpha value is -0.703. The van der Waals surface area contributed by atoms with E-state index in [1.807, 2.05) is 20.8 Å². The minimum atomic E-state index is -4.54. The zero-order chi connectivity index (χ0) is 22.1. The van der Waals surface area contributed by atoms with Crippen LogP contribution in [0.5, 0.6) is 0 Å². The summed E-state index contributed by atoms with van der Waals surface area (Å²) in [6, 6.07) is 1.78.